The van der Waals surface area contributed by atoms with E-state index in [9.17, 15) is 24.8 Å². The predicted octanol–water partition coefficient (Wildman–Crippen LogP) is 2.58. The average molecular weight is 395 g/mol. The normalized spacial score (nSPS) is 18.4. The Kier molecular flexibility index (Phi) is 5.74. The molecule has 1 N–H and O–H groups in total. The van der Waals surface area contributed by atoms with Crippen LogP contribution in [0.1, 0.15) is 17.2 Å². The largest absolute Gasteiger partial charge is 0.507 e. The van der Waals surface area contributed by atoms with Gasteiger partial charge in [0.15, 0.2) is 0 Å². The minimum absolute atomic E-state index is 0.144. The van der Waals surface area contributed by atoms with Crippen molar-refractivity contribution in [2.45, 2.75) is 6.04 Å². The molecule has 0 saturated carbocycles. The molecule has 0 radical (unpaired) electrons. The van der Waals surface area contributed by atoms with Crippen LogP contribution >= 0.6 is 0 Å². The highest BCUT2D eigenvalue weighted by molar-refractivity contribution is 6.46. The number of ketones is 1. The lowest BCUT2D eigenvalue weighted by molar-refractivity contribution is -0.385. The summed E-state index contributed by atoms with van der Waals surface area (Å²) in [6.45, 7) is 0.634. The number of nitrogens with zero attached hydrogens (tertiary/aromatic N) is 3. The van der Waals surface area contributed by atoms with Crippen LogP contribution in [-0.4, -0.2) is 58.7 Å². The summed E-state index contributed by atoms with van der Waals surface area (Å²) in [5.41, 5.74) is 0.192. The third-order valence-corrected chi connectivity index (χ3v) is 4.80. The van der Waals surface area contributed by atoms with Crippen molar-refractivity contribution in [1.29, 1.82) is 0 Å². The van der Waals surface area contributed by atoms with E-state index in [0.29, 0.717) is 12.1 Å². The van der Waals surface area contributed by atoms with Crippen LogP contribution in [0.4, 0.5) is 5.69 Å². The molecule has 8 nitrogen and oxygen atoms in total. The molecule has 0 bridgehead atoms. The molecule has 1 heterocycles. The van der Waals surface area contributed by atoms with Crippen molar-refractivity contribution in [3.05, 3.63) is 81.4 Å². The first-order valence-electron chi connectivity index (χ1n) is 9.04. The van der Waals surface area contributed by atoms with E-state index in [1.165, 1.54) is 23.1 Å². The van der Waals surface area contributed by atoms with E-state index in [2.05, 4.69) is 0 Å². The van der Waals surface area contributed by atoms with Gasteiger partial charge in [-0.15, -0.1) is 0 Å². The topological polar surface area (TPSA) is 104 Å². The predicted molar refractivity (Wildman–Crippen MR) is 107 cm³/mol. The van der Waals surface area contributed by atoms with Gasteiger partial charge in [-0.2, -0.15) is 0 Å². The maximum Gasteiger partial charge on any atom is 0.295 e. The van der Waals surface area contributed by atoms with Crippen molar-refractivity contribution in [2.75, 3.05) is 27.2 Å². The summed E-state index contributed by atoms with van der Waals surface area (Å²) in [5.74, 6) is -1.99. The summed E-state index contributed by atoms with van der Waals surface area (Å²) in [5, 5.41) is 22.5. The first kappa shape index (κ1) is 20.2. The molecule has 0 spiro atoms. The Morgan fingerprint density at radius 3 is 2.34 bits per heavy atom. The number of Topliss-reactive ketones (excluding diaryl/α,β-unsaturated/α-hetero) is 1. The van der Waals surface area contributed by atoms with Crippen LogP contribution in [0.3, 0.4) is 0 Å². The van der Waals surface area contributed by atoms with Crippen LogP contribution in [0.5, 0.6) is 0 Å². The Morgan fingerprint density at radius 1 is 1.10 bits per heavy atom. The van der Waals surface area contributed by atoms with Gasteiger partial charge in [-0.3, -0.25) is 19.7 Å². The van der Waals surface area contributed by atoms with Gasteiger partial charge in [0.1, 0.15) is 5.76 Å². The first-order chi connectivity index (χ1) is 13.8. The van der Waals surface area contributed by atoms with Gasteiger partial charge in [0.2, 0.25) is 0 Å². The second kappa shape index (κ2) is 8.24. The molecular formula is C21H21N3O5. The first-order valence-corrected chi connectivity index (χ1v) is 9.04. The second-order valence-corrected chi connectivity index (χ2v) is 6.98. The molecule has 2 aromatic rings. The highest BCUT2D eigenvalue weighted by atomic mass is 16.6. The van der Waals surface area contributed by atoms with E-state index in [1.54, 1.807) is 36.4 Å². The quantitative estimate of drug-likeness (QED) is 0.265. The highest BCUT2D eigenvalue weighted by Crippen LogP contribution is 2.42. The van der Waals surface area contributed by atoms with Gasteiger partial charge in [-0.1, -0.05) is 42.5 Å². The second-order valence-electron chi connectivity index (χ2n) is 6.98. The number of likely N-dealkylation sites (tertiary alicyclic amines) is 1. The number of hydrogen-bond donors (Lipinski definition) is 1. The summed E-state index contributed by atoms with van der Waals surface area (Å²) in [4.78, 5) is 39.8. The Balaban J connectivity index is 2.22. The molecule has 1 atom stereocenters. The zero-order valence-electron chi connectivity index (χ0n) is 16.1. The Bertz CT molecular complexity index is 985. The molecule has 1 saturated heterocycles. The fourth-order valence-corrected chi connectivity index (χ4v) is 3.38. The number of aliphatic hydroxyl groups excluding tert-OH is 1. The molecule has 1 fully saturated rings. The number of aliphatic hydroxyl groups is 1. The van der Waals surface area contributed by atoms with Crippen molar-refractivity contribution in [1.82, 2.24) is 9.80 Å². The molecule has 0 aromatic heterocycles. The van der Waals surface area contributed by atoms with Crippen molar-refractivity contribution in [3.63, 3.8) is 0 Å². The van der Waals surface area contributed by atoms with Gasteiger partial charge in [0.25, 0.3) is 17.4 Å². The number of benzene rings is 2. The zero-order valence-corrected chi connectivity index (χ0v) is 16.1. The Morgan fingerprint density at radius 2 is 1.72 bits per heavy atom. The SMILES string of the molecule is CN(C)CCN1C(=O)C(=O)/C(=C(/O)c2ccccc2)[C@@H]1c1ccccc1[N+](=O)[O-]. The summed E-state index contributed by atoms with van der Waals surface area (Å²) in [7, 11) is 3.64. The lowest BCUT2D eigenvalue weighted by Gasteiger charge is -2.26. The maximum atomic E-state index is 12.8. The Labute approximate surface area is 167 Å². The summed E-state index contributed by atoms with van der Waals surface area (Å²) in [6.07, 6.45) is 0. The minimum atomic E-state index is -1.04. The molecule has 2 aromatic carbocycles. The standard InChI is InChI=1S/C21H21N3O5/c1-22(2)12-13-23-18(15-10-6-7-11-16(15)24(28)29)17(20(26)21(23)27)19(25)14-8-4-3-5-9-14/h3-11,18,25H,12-13H2,1-2H3/b19-17+/t18-/m0/s1. The van der Waals surface area contributed by atoms with Crippen LogP contribution in [0.2, 0.25) is 0 Å². The van der Waals surface area contributed by atoms with E-state index >= 15 is 0 Å². The average Bonchev–Trinajstić information content (AvgIpc) is 2.96. The maximum absolute atomic E-state index is 12.8. The molecule has 1 aliphatic rings. The molecule has 1 amide bonds. The van der Waals surface area contributed by atoms with Gasteiger partial charge in [0.05, 0.1) is 22.1 Å². The number of likely N-dealkylation sites (N-methyl/N-ethyl adjacent to an activating group) is 1. The van der Waals surface area contributed by atoms with Crippen LogP contribution in [-0.2, 0) is 9.59 Å². The van der Waals surface area contributed by atoms with Crippen molar-refractivity contribution < 1.29 is 19.6 Å². The molecular weight excluding hydrogens is 374 g/mol. The van der Waals surface area contributed by atoms with E-state index in [-0.39, 0.29) is 29.1 Å². The number of nitro benzene ring substituents is 1. The lowest BCUT2D eigenvalue weighted by atomic mass is 9.94. The lowest BCUT2D eigenvalue weighted by Crippen LogP contribution is -2.35. The number of hydrogen-bond acceptors (Lipinski definition) is 6. The monoisotopic (exact) mass is 395 g/mol. The van der Waals surface area contributed by atoms with Crippen molar-refractivity contribution >= 4 is 23.1 Å². The molecule has 0 unspecified atom stereocenters. The fraction of sp³-hybridized carbons (Fsp3) is 0.238. The zero-order chi connectivity index (χ0) is 21.1. The minimum Gasteiger partial charge on any atom is -0.507 e. The third kappa shape index (κ3) is 3.88. The highest BCUT2D eigenvalue weighted by Gasteiger charge is 2.47. The number of rotatable bonds is 6. The summed E-state index contributed by atoms with van der Waals surface area (Å²) >= 11 is 0. The van der Waals surface area contributed by atoms with Crippen LogP contribution in [0, 0.1) is 10.1 Å². The summed E-state index contributed by atoms with van der Waals surface area (Å²) in [6, 6.07) is 13.3. The third-order valence-electron chi connectivity index (χ3n) is 4.80. The number of carbonyl (C=O) groups excluding carboxylic acids is 2. The molecule has 150 valence electrons. The van der Waals surface area contributed by atoms with Gasteiger partial charge in [0, 0.05) is 24.7 Å². The van der Waals surface area contributed by atoms with Gasteiger partial charge >= 0.3 is 0 Å². The van der Waals surface area contributed by atoms with Crippen molar-refractivity contribution in [3.8, 4) is 0 Å². The number of para-hydroxylation sites is 1. The van der Waals surface area contributed by atoms with E-state index in [4.69, 9.17) is 0 Å². The van der Waals surface area contributed by atoms with E-state index < -0.39 is 22.7 Å². The number of nitro groups is 1. The van der Waals surface area contributed by atoms with Gasteiger partial charge in [-0.25, -0.2) is 0 Å². The van der Waals surface area contributed by atoms with Gasteiger partial charge < -0.3 is 14.9 Å². The van der Waals surface area contributed by atoms with Crippen LogP contribution in [0.25, 0.3) is 5.76 Å². The number of carbonyl (C=O) groups is 2. The van der Waals surface area contributed by atoms with Crippen LogP contribution in [0.15, 0.2) is 60.2 Å². The van der Waals surface area contributed by atoms with Gasteiger partial charge in [-0.05, 0) is 20.2 Å². The molecule has 0 aliphatic carbocycles. The van der Waals surface area contributed by atoms with Crippen molar-refractivity contribution in [2.24, 2.45) is 0 Å². The summed E-state index contributed by atoms with van der Waals surface area (Å²) < 4.78 is 0. The molecule has 8 heteroatoms. The smallest absolute Gasteiger partial charge is 0.295 e. The number of amides is 1. The molecule has 1 aliphatic heterocycles. The molecule has 29 heavy (non-hydrogen) atoms. The van der Waals surface area contributed by atoms with Crippen LogP contribution < -0.4 is 0 Å². The van der Waals surface area contributed by atoms with E-state index in [1.807, 2.05) is 19.0 Å². The fourth-order valence-electron chi connectivity index (χ4n) is 3.38. The van der Waals surface area contributed by atoms with E-state index in [0.717, 1.165) is 0 Å². The Hall–Kier alpha value is -3.52. The molecule has 3 rings (SSSR count).